The first-order valence-corrected chi connectivity index (χ1v) is 8.01. The Balaban J connectivity index is 1.74. The SMILES string of the molecule is CC(NC(=O)C1=Cc2cc(Br)ccc2OC1)c1ccc(F)cc1. The lowest BCUT2D eigenvalue weighted by Gasteiger charge is -2.20. The van der Waals surface area contributed by atoms with E-state index >= 15 is 0 Å². The number of rotatable bonds is 3. The number of carbonyl (C=O) groups excluding carboxylic acids is 1. The Hall–Kier alpha value is -2.14. The quantitative estimate of drug-likeness (QED) is 0.870. The van der Waals surface area contributed by atoms with Crippen LogP contribution in [0.4, 0.5) is 4.39 Å². The van der Waals surface area contributed by atoms with Gasteiger partial charge in [-0.1, -0.05) is 28.1 Å². The summed E-state index contributed by atoms with van der Waals surface area (Å²) in [6.07, 6.45) is 1.83. The highest BCUT2D eigenvalue weighted by Crippen LogP contribution is 2.29. The molecule has 0 fully saturated rings. The zero-order valence-electron chi connectivity index (χ0n) is 12.5. The molecule has 0 bridgehead atoms. The number of nitrogens with one attached hydrogen (secondary N) is 1. The highest BCUT2D eigenvalue weighted by molar-refractivity contribution is 9.10. The maximum atomic E-state index is 13.0. The molecule has 1 N–H and O–H groups in total. The van der Waals surface area contributed by atoms with Gasteiger partial charge in [-0.25, -0.2) is 4.39 Å². The highest BCUT2D eigenvalue weighted by Gasteiger charge is 2.19. The van der Waals surface area contributed by atoms with Crippen molar-refractivity contribution in [1.82, 2.24) is 5.32 Å². The van der Waals surface area contributed by atoms with E-state index in [2.05, 4.69) is 21.2 Å². The van der Waals surface area contributed by atoms with E-state index in [9.17, 15) is 9.18 Å². The van der Waals surface area contributed by atoms with Gasteiger partial charge in [0.05, 0.1) is 11.6 Å². The van der Waals surface area contributed by atoms with Crippen LogP contribution in [0.5, 0.6) is 5.75 Å². The van der Waals surface area contributed by atoms with Crippen molar-refractivity contribution in [2.75, 3.05) is 6.61 Å². The van der Waals surface area contributed by atoms with Gasteiger partial charge in [0.25, 0.3) is 5.91 Å². The summed E-state index contributed by atoms with van der Waals surface area (Å²) in [6, 6.07) is 11.6. The fraction of sp³-hybridized carbons (Fsp3) is 0.167. The molecule has 1 amide bonds. The Morgan fingerprint density at radius 3 is 2.74 bits per heavy atom. The zero-order chi connectivity index (χ0) is 16.4. The molecule has 2 aromatic carbocycles. The van der Waals surface area contributed by atoms with Crippen LogP contribution in [0.3, 0.4) is 0 Å². The molecule has 1 heterocycles. The minimum atomic E-state index is -0.294. The van der Waals surface area contributed by atoms with Crippen LogP contribution in [0.2, 0.25) is 0 Å². The fourth-order valence-corrected chi connectivity index (χ4v) is 2.78. The van der Waals surface area contributed by atoms with Gasteiger partial charge in [0, 0.05) is 10.0 Å². The third-order valence-corrected chi connectivity index (χ3v) is 4.19. The molecule has 0 saturated heterocycles. The second-order valence-electron chi connectivity index (χ2n) is 5.39. The van der Waals surface area contributed by atoms with Crippen molar-refractivity contribution in [1.29, 1.82) is 0 Å². The second-order valence-corrected chi connectivity index (χ2v) is 6.30. The average molecular weight is 376 g/mol. The molecule has 0 spiro atoms. The van der Waals surface area contributed by atoms with Gasteiger partial charge in [0.2, 0.25) is 0 Å². The van der Waals surface area contributed by atoms with Crippen molar-refractivity contribution in [2.24, 2.45) is 0 Å². The lowest BCUT2D eigenvalue weighted by Crippen LogP contribution is -2.30. The molecular formula is C18H15BrFNO2. The van der Waals surface area contributed by atoms with Crippen molar-refractivity contribution in [3.05, 3.63) is 69.5 Å². The summed E-state index contributed by atoms with van der Waals surface area (Å²) in [6.45, 7) is 2.09. The van der Waals surface area contributed by atoms with Gasteiger partial charge in [-0.2, -0.15) is 0 Å². The molecule has 1 unspecified atom stereocenters. The van der Waals surface area contributed by atoms with Gasteiger partial charge in [-0.3, -0.25) is 4.79 Å². The number of halogens is 2. The van der Waals surface area contributed by atoms with Crippen molar-refractivity contribution >= 4 is 27.9 Å². The molecule has 23 heavy (non-hydrogen) atoms. The lowest BCUT2D eigenvalue weighted by atomic mass is 10.1. The first kappa shape index (κ1) is 15.7. The summed E-state index contributed by atoms with van der Waals surface area (Å²) in [4.78, 5) is 12.4. The predicted octanol–water partition coefficient (Wildman–Crippen LogP) is 4.24. The molecule has 3 nitrogen and oxygen atoms in total. The number of hydrogen-bond donors (Lipinski definition) is 1. The predicted molar refractivity (Wildman–Crippen MR) is 90.6 cm³/mol. The third kappa shape index (κ3) is 3.62. The maximum absolute atomic E-state index is 13.0. The second kappa shape index (κ2) is 6.54. The molecule has 1 aliphatic heterocycles. The molecule has 1 aliphatic rings. The zero-order valence-corrected chi connectivity index (χ0v) is 14.1. The molecule has 0 saturated carbocycles. The van der Waals surface area contributed by atoms with E-state index in [1.807, 2.05) is 31.2 Å². The molecule has 0 aromatic heterocycles. The highest BCUT2D eigenvalue weighted by atomic mass is 79.9. The molecule has 1 atom stereocenters. The minimum Gasteiger partial charge on any atom is -0.488 e. The normalized spacial score (nSPS) is 14.3. The third-order valence-electron chi connectivity index (χ3n) is 3.69. The number of fused-ring (bicyclic) bond motifs is 1. The van der Waals surface area contributed by atoms with Crippen molar-refractivity contribution in [3.8, 4) is 5.75 Å². The van der Waals surface area contributed by atoms with Crippen LogP contribution in [-0.4, -0.2) is 12.5 Å². The van der Waals surface area contributed by atoms with E-state index in [1.54, 1.807) is 12.1 Å². The van der Waals surface area contributed by atoms with E-state index in [1.165, 1.54) is 12.1 Å². The Kier molecular flexibility index (Phi) is 4.48. The topological polar surface area (TPSA) is 38.3 Å². The van der Waals surface area contributed by atoms with Gasteiger partial charge in [0.1, 0.15) is 18.2 Å². The lowest BCUT2D eigenvalue weighted by molar-refractivity contribution is -0.118. The number of amides is 1. The monoisotopic (exact) mass is 375 g/mol. The van der Waals surface area contributed by atoms with Crippen LogP contribution in [0.25, 0.3) is 6.08 Å². The molecule has 0 aliphatic carbocycles. The summed E-state index contributed by atoms with van der Waals surface area (Å²) in [7, 11) is 0. The van der Waals surface area contributed by atoms with E-state index in [0.717, 1.165) is 21.3 Å². The average Bonchev–Trinajstić information content (AvgIpc) is 2.54. The van der Waals surface area contributed by atoms with Crippen molar-refractivity contribution in [2.45, 2.75) is 13.0 Å². The maximum Gasteiger partial charge on any atom is 0.251 e. The van der Waals surface area contributed by atoms with Crippen LogP contribution in [0, 0.1) is 5.82 Å². The standard InChI is InChI=1S/C18H15BrFNO2/c1-11(12-2-5-16(20)6-3-12)21-18(22)14-8-13-9-15(19)4-7-17(13)23-10-14/h2-9,11H,10H2,1H3,(H,21,22). The summed E-state index contributed by atoms with van der Waals surface area (Å²) >= 11 is 3.41. The van der Waals surface area contributed by atoms with Crippen LogP contribution in [0.15, 0.2) is 52.5 Å². The van der Waals surface area contributed by atoms with Crippen LogP contribution in [0.1, 0.15) is 24.1 Å². The number of ether oxygens (including phenoxy) is 1. The number of hydrogen-bond acceptors (Lipinski definition) is 2. The van der Waals surface area contributed by atoms with Crippen LogP contribution in [-0.2, 0) is 4.79 Å². The summed E-state index contributed by atoms with van der Waals surface area (Å²) in [5.41, 5.74) is 2.27. The molecule has 118 valence electrons. The Labute approximate surface area is 142 Å². The van der Waals surface area contributed by atoms with E-state index in [4.69, 9.17) is 4.74 Å². The Morgan fingerprint density at radius 1 is 1.26 bits per heavy atom. The Bertz CT molecular complexity index is 771. The van der Waals surface area contributed by atoms with Gasteiger partial charge in [0.15, 0.2) is 0 Å². The molecule has 0 radical (unpaired) electrons. The van der Waals surface area contributed by atoms with Gasteiger partial charge in [-0.05, 0) is 48.9 Å². The van der Waals surface area contributed by atoms with E-state index in [-0.39, 0.29) is 24.4 Å². The molecule has 2 aromatic rings. The van der Waals surface area contributed by atoms with Crippen LogP contribution >= 0.6 is 15.9 Å². The summed E-state index contributed by atoms with van der Waals surface area (Å²) in [5, 5.41) is 2.91. The van der Waals surface area contributed by atoms with Gasteiger partial charge < -0.3 is 10.1 Å². The van der Waals surface area contributed by atoms with E-state index < -0.39 is 0 Å². The number of carbonyl (C=O) groups is 1. The first-order valence-electron chi connectivity index (χ1n) is 7.22. The Morgan fingerprint density at radius 2 is 2.00 bits per heavy atom. The largest absolute Gasteiger partial charge is 0.488 e. The minimum absolute atomic E-state index is 0.188. The first-order chi connectivity index (χ1) is 11.0. The van der Waals surface area contributed by atoms with Crippen molar-refractivity contribution in [3.63, 3.8) is 0 Å². The van der Waals surface area contributed by atoms with Crippen LogP contribution < -0.4 is 10.1 Å². The van der Waals surface area contributed by atoms with E-state index in [0.29, 0.717) is 5.57 Å². The number of benzene rings is 2. The summed E-state index contributed by atoms with van der Waals surface area (Å²) < 4.78 is 19.5. The van der Waals surface area contributed by atoms with Crippen molar-refractivity contribution < 1.29 is 13.9 Å². The summed E-state index contributed by atoms with van der Waals surface area (Å²) in [5.74, 6) is 0.279. The molecule has 3 rings (SSSR count). The van der Waals surface area contributed by atoms with Gasteiger partial charge >= 0.3 is 0 Å². The fourth-order valence-electron chi connectivity index (χ4n) is 2.40. The molecule has 5 heteroatoms. The molecular weight excluding hydrogens is 361 g/mol. The smallest absolute Gasteiger partial charge is 0.251 e. The van der Waals surface area contributed by atoms with Gasteiger partial charge in [-0.15, -0.1) is 0 Å².